The molecule has 14 heavy (non-hydrogen) atoms. The van der Waals surface area contributed by atoms with Crippen LogP contribution in [0.15, 0.2) is 0 Å². The highest BCUT2D eigenvalue weighted by Crippen LogP contribution is 2.24. The lowest BCUT2D eigenvalue weighted by Gasteiger charge is -2.42. The van der Waals surface area contributed by atoms with Gasteiger partial charge in [-0.3, -0.25) is 0 Å². The highest BCUT2D eigenvalue weighted by Gasteiger charge is 2.43. The first kappa shape index (κ1) is 11.9. The van der Waals surface area contributed by atoms with Gasteiger partial charge in [0.2, 0.25) is 0 Å². The molecule has 0 spiro atoms. The van der Waals surface area contributed by atoms with Crippen LogP contribution in [0, 0.1) is 0 Å². The summed E-state index contributed by atoms with van der Waals surface area (Å²) in [4.78, 5) is 0. The summed E-state index contributed by atoms with van der Waals surface area (Å²) in [6.07, 6.45) is 0.204. The van der Waals surface area contributed by atoms with Crippen LogP contribution in [0.5, 0.6) is 0 Å². The van der Waals surface area contributed by atoms with Crippen molar-refractivity contribution in [2.45, 2.75) is 36.8 Å². The van der Waals surface area contributed by atoms with Crippen molar-refractivity contribution in [3.63, 3.8) is 0 Å². The van der Waals surface area contributed by atoms with E-state index in [2.05, 4.69) is 0 Å². The Bertz CT molecular complexity index is 163. The van der Waals surface area contributed by atoms with Crippen LogP contribution in [0.3, 0.4) is 0 Å². The van der Waals surface area contributed by atoms with Crippen molar-refractivity contribution in [1.82, 2.24) is 0 Å². The monoisotopic (exact) mass is 204 g/mol. The third-order valence-electron chi connectivity index (χ3n) is 2.85. The lowest BCUT2D eigenvalue weighted by molar-refractivity contribution is -0.141. The first-order valence-corrected chi connectivity index (χ1v) is 4.75. The van der Waals surface area contributed by atoms with E-state index in [0.717, 1.165) is 0 Å². The highest BCUT2D eigenvalue weighted by molar-refractivity contribution is 4.98. The third kappa shape index (κ3) is 2.07. The molecule has 5 nitrogen and oxygen atoms in total. The molecule has 0 radical (unpaired) electrons. The van der Waals surface area contributed by atoms with Gasteiger partial charge in [0.25, 0.3) is 0 Å². The minimum atomic E-state index is -0.191. The summed E-state index contributed by atoms with van der Waals surface area (Å²) in [7, 11) is 4.87. The van der Waals surface area contributed by atoms with E-state index in [1.807, 2.05) is 0 Å². The average molecular weight is 204 g/mol. The van der Waals surface area contributed by atoms with Gasteiger partial charge in [-0.05, 0) is 6.42 Å². The summed E-state index contributed by atoms with van der Waals surface area (Å²) in [6, 6.07) is -0.183. The van der Waals surface area contributed by atoms with Crippen molar-refractivity contribution in [2.24, 2.45) is 11.5 Å². The molecule has 0 amide bonds. The van der Waals surface area contributed by atoms with Crippen molar-refractivity contribution in [3.05, 3.63) is 0 Å². The van der Waals surface area contributed by atoms with E-state index in [1.54, 1.807) is 21.3 Å². The second kappa shape index (κ2) is 5.04. The minimum absolute atomic E-state index is 0.0913. The molecule has 1 fully saturated rings. The number of rotatable bonds is 3. The fraction of sp³-hybridized carbons (Fsp3) is 1.00. The Hall–Kier alpha value is -0.200. The molecule has 5 heteroatoms. The molecule has 1 saturated carbocycles. The van der Waals surface area contributed by atoms with E-state index < -0.39 is 0 Å². The maximum atomic E-state index is 5.92. The standard InChI is InChI=1S/C9H20N2O3/c1-12-7-5(10)4-6(11)8(13-2)9(7)14-3/h5-9H,4,10-11H2,1-3H3/t5-,6+,7+,8?,9?/m0/s1. The average Bonchev–Trinajstić information content (AvgIpc) is 2.16. The van der Waals surface area contributed by atoms with Gasteiger partial charge in [0.15, 0.2) is 0 Å². The van der Waals surface area contributed by atoms with Gasteiger partial charge in [-0.25, -0.2) is 0 Å². The first-order valence-electron chi connectivity index (χ1n) is 4.75. The molecule has 0 aromatic rings. The predicted molar refractivity (Wildman–Crippen MR) is 53.0 cm³/mol. The van der Waals surface area contributed by atoms with Gasteiger partial charge in [0.05, 0.1) is 0 Å². The fourth-order valence-electron chi connectivity index (χ4n) is 2.14. The highest BCUT2D eigenvalue weighted by atomic mass is 16.6. The molecule has 0 heterocycles. The molecule has 4 N–H and O–H groups in total. The summed E-state index contributed by atoms with van der Waals surface area (Å²) in [5.41, 5.74) is 11.8. The van der Waals surface area contributed by atoms with E-state index >= 15 is 0 Å². The maximum Gasteiger partial charge on any atom is 0.112 e. The third-order valence-corrected chi connectivity index (χ3v) is 2.85. The van der Waals surface area contributed by atoms with Crippen LogP contribution in [0.4, 0.5) is 0 Å². The Kier molecular flexibility index (Phi) is 4.28. The lowest BCUT2D eigenvalue weighted by atomic mass is 9.84. The summed E-state index contributed by atoms with van der Waals surface area (Å²) in [5.74, 6) is 0. The lowest BCUT2D eigenvalue weighted by Crippen LogP contribution is -2.62. The van der Waals surface area contributed by atoms with Crippen LogP contribution in [-0.2, 0) is 14.2 Å². The molecule has 1 aliphatic rings. The second-order valence-corrected chi connectivity index (χ2v) is 3.66. The van der Waals surface area contributed by atoms with Crippen LogP contribution in [0.2, 0.25) is 0 Å². The molecule has 0 aliphatic heterocycles. The molecule has 0 aromatic heterocycles. The van der Waals surface area contributed by atoms with Crippen molar-refractivity contribution >= 4 is 0 Å². The fourth-order valence-corrected chi connectivity index (χ4v) is 2.14. The van der Waals surface area contributed by atoms with E-state index in [4.69, 9.17) is 25.7 Å². The molecule has 84 valence electrons. The molecule has 0 aromatic carbocycles. The number of methoxy groups -OCH3 is 3. The molecular weight excluding hydrogens is 184 g/mol. The zero-order chi connectivity index (χ0) is 10.7. The van der Waals surface area contributed by atoms with Crippen LogP contribution in [0.1, 0.15) is 6.42 Å². The van der Waals surface area contributed by atoms with Gasteiger partial charge in [-0.15, -0.1) is 0 Å². The summed E-state index contributed by atoms with van der Waals surface area (Å²) in [5, 5.41) is 0. The van der Waals surface area contributed by atoms with Gasteiger partial charge in [0, 0.05) is 33.4 Å². The molecule has 2 unspecified atom stereocenters. The molecule has 1 rings (SSSR count). The first-order chi connectivity index (χ1) is 6.65. The molecule has 5 atom stereocenters. The maximum absolute atomic E-state index is 5.92. The van der Waals surface area contributed by atoms with E-state index in [9.17, 15) is 0 Å². The van der Waals surface area contributed by atoms with E-state index in [-0.39, 0.29) is 30.4 Å². The number of nitrogens with two attached hydrogens (primary N) is 2. The smallest absolute Gasteiger partial charge is 0.112 e. The van der Waals surface area contributed by atoms with Crippen molar-refractivity contribution < 1.29 is 14.2 Å². The SMILES string of the molecule is COC1C(OC)[C@H](OC)[C@@H](N)C[C@H]1N. The van der Waals surface area contributed by atoms with Crippen LogP contribution < -0.4 is 11.5 Å². The molecular formula is C9H20N2O3. The van der Waals surface area contributed by atoms with Crippen LogP contribution in [0.25, 0.3) is 0 Å². The van der Waals surface area contributed by atoms with Crippen LogP contribution >= 0.6 is 0 Å². The predicted octanol–water partition coefficient (Wildman–Crippen LogP) is -0.910. The minimum Gasteiger partial charge on any atom is -0.377 e. The van der Waals surface area contributed by atoms with Gasteiger partial charge in [-0.1, -0.05) is 0 Å². The quantitative estimate of drug-likeness (QED) is 0.622. The van der Waals surface area contributed by atoms with Crippen LogP contribution in [-0.4, -0.2) is 51.7 Å². The van der Waals surface area contributed by atoms with Crippen molar-refractivity contribution in [3.8, 4) is 0 Å². The van der Waals surface area contributed by atoms with Gasteiger partial charge >= 0.3 is 0 Å². The Morgan fingerprint density at radius 1 is 0.786 bits per heavy atom. The number of hydrogen-bond donors (Lipinski definition) is 2. The second-order valence-electron chi connectivity index (χ2n) is 3.66. The normalized spacial score (nSPS) is 43.9. The van der Waals surface area contributed by atoms with E-state index in [1.165, 1.54) is 0 Å². The summed E-state index contributed by atoms with van der Waals surface area (Å²) in [6.45, 7) is 0. The van der Waals surface area contributed by atoms with Gasteiger partial charge in [0.1, 0.15) is 18.3 Å². The molecule has 1 aliphatic carbocycles. The summed E-state index contributed by atoms with van der Waals surface area (Å²) < 4.78 is 15.9. The Labute approximate surface area is 84.7 Å². The Morgan fingerprint density at radius 3 is 1.43 bits per heavy atom. The topological polar surface area (TPSA) is 79.7 Å². The largest absolute Gasteiger partial charge is 0.377 e. The number of ether oxygens (including phenoxy) is 3. The van der Waals surface area contributed by atoms with E-state index in [0.29, 0.717) is 6.42 Å². The summed E-state index contributed by atoms with van der Waals surface area (Å²) >= 11 is 0. The van der Waals surface area contributed by atoms with Crippen molar-refractivity contribution in [1.29, 1.82) is 0 Å². The zero-order valence-electron chi connectivity index (χ0n) is 8.97. The number of hydrogen-bond acceptors (Lipinski definition) is 5. The van der Waals surface area contributed by atoms with Gasteiger partial charge < -0.3 is 25.7 Å². The molecule has 0 bridgehead atoms. The van der Waals surface area contributed by atoms with Crippen molar-refractivity contribution in [2.75, 3.05) is 21.3 Å². The molecule has 0 saturated heterocycles. The Morgan fingerprint density at radius 2 is 1.14 bits per heavy atom. The Balaban J connectivity index is 2.76. The zero-order valence-corrected chi connectivity index (χ0v) is 8.97. The van der Waals surface area contributed by atoms with Gasteiger partial charge in [-0.2, -0.15) is 0 Å².